The van der Waals surface area contributed by atoms with Crippen LogP contribution in [0.2, 0.25) is 0 Å². The fourth-order valence-electron chi connectivity index (χ4n) is 2.05. The molecule has 6 heteroatoms. The first-order valence-corrected chi connectivity index (χ1v) is 5.98. The maximum absolute atomic E-state index is 12.7. The first-order valence-electron chi connectivity index (χ1n) is 5.98. The van der Waals surface area contributed by atoms with Crippen LogP contribution < -0.4 is 0 Å². The van der Waals surface area contributed by atoms with Crippen LogP contribution in [0.3, 0.4) is 0 Å². The van der Waals surface area contributed by atoms with Crippen LogP contribution in [0, 0.1) is 5.82 Å². The zero-order valence-electron chi connectivity index (χ0n) is 10.2. The average molecular weight is 267 g/mol. The minimum atomic E-state index is -1.02. The molecule has 0 aromatic heterocycles. The molecule has 0 radical (unpaired) electrons. The second-order valence-electron chi connectivity index (χ2n) is 4.37. The van der Waals surface area contributed by atoms with E-state index in [1.54, 1.807) is 0 Å². The maximum Gasteiger partial charge on any atom is 0.410 e. The summed E-state index contributed by atoms with van der Waals surface area (Å²) < 4.78 is 17.7. The van der Waals surface area contributed by atoms with Gasteiger partial charge in [0, 0.05) is 6.54 Å². The van der Waals surface area contributed by atoms with E-state index in [1.807, 2.05) is 0 Å². The number of nitrogens with zero attached hydrogens (tertiary/aromatic N) is 1. The highest BCUT2D eigenvalue weighted by atomic mass is 19.1. The van der Waals surface area contributed by atoms with Crippen LogP contribution in [0.1, 0.15) is 18.4 Å². The molecule has 0 spiro atoms. The number of carboxylic acid groups (broad SMARTS) is 1. The van der Waals surface area contributed by atoms with Gasteiger partial charge in [0.05, 0.1) is 0 Å². The topological polar surface area (TPSA) is 66.8 Å². The molecule has 5 nitrogen and oxygen atoms in total. The van der Waals surface area contributed by atoms with Crippen molar-refractivity contribution in [1.82, 2.24) is 4.90 Å². The molecule has 0 bridgehead atoms. The summed E-state index contributed by atoms with van der Waals surface area (Å²) in [6.45, 7) is 0.390. The molecule has 2 rings (SSSR count). The Morgan fingerprint density at radius 1 is 1.37 bits per heavy atom. The molecule has 1 atom stereocenters. The Bertz CT molecular complexity index is 474. The third kappa shape index (κ3) is 3.21. The van der Waals surface area contributed by atoms with E-state index in [9.17, 15) is 14.0 Å². The molecular weight excluding hydrogens is 253 g/mol. The van der Waals surface area contributed by atoms with Crippen molar-refractivity contribution >= 4 is 12.1 Å². The standard InChI is InChI=1S/C13H14FNO4/c14-10-5-3-9(4-6-10)8-19-13(18)15-7-1-2-11(15)12(16)17/h3-6,11H,1-2,7-8H2,(H,16,17). The Kier molecular flexibility index (Phi) is 3.99. The van der Waals surface area contributed by atoms with Gasteiger partial charge in [-0.25, -0.2) is 14.0 Å². The minimum absolute atomic E-state index is 0.00194. The van der Waals surface area contributed by atoms with E-state index in [0.717, 1.165) is 0 Å². The van der Waals surface area contributed by atoms with Gasteiger partial charge in [-0.1, -0.05) is 12.1 Å². The van der Waals surface area contributed by atoms with Gasteiger partial charge in [0.15, 0.2) is 0 Å². The lowest BCUT2D eigenvalue weighted by molar-refractivity contribution is -0.141. The van der Waals surface area contributed by atoms with Crippen LogP contribution in [-0.2, 0) is 16.1 Å². The van der Waals surface area contributed by atoms with Gasteiger partial charge in [-0.3, -0.25) is 4.90 Å². The largest absolute Gasteiger partial charge is 0.480 e. The summed E-state index contributed by atoms with van der Waals surface area (Å²) in [5, 5.41) is 8.96. The number of ether oxygens (including phenoxy) is 1. The fourth-order valence-corrected chi connectivity index (χ4v) is 2.05. The van der Waals surface area contributed by atoms with Crippen LogP contribution in [-0.4, -0.2) is 34.7 Å². The molecule has 1 heterocycles. The van der Waals surface area contributed by atoms with Crippen molar-refractivity contribution in [3.63, 3.8) is 0 Å². The number of likely N-dealkylation sites (tertiary alicyclic amines) is 1. The van der Waals surface area contributed by atoms with Crippen LogP contribution in [0.25, 0.3) is 0 Å². The van der Waals surface area contributed by atoms with Gasteiger partial charge in [0.1, 0.15) is 18.5 Å². The summed E-state index contributed by atoms with van der Waals surface area (Å²) in [5.41, 5.74) is 0.654. The summed E-state index contributed by atoms with van der Waals surface area (Å²) in [7, 11) is 0. The number of carboxylic acids is 1. The number of rotatable bonds is 3. The highest BCUT2D eigenvalue weighted by molar-refractivity contribution is 5.80. The van der Waals surface area contributed by atoms with Gasteiger partial charge >= 0.3 is 12.1 Å². The molecule has 1 unspecified atom stereocenters. The SMILES string of the molecule is O=C(O)C1CCCN1C(=O)OCc1ccc(F)cc1. The van der Waals surface area contributed by atoms with Crippen molar-refractivity contribution in [2.75, 3.05) is 6.54 Å². The Balaban J connectivity index is 1.90. The molecule has 1 aromatic carbocycles. The summed E-state index contributed by atoms with van der Waals surface area (Å²) in [6, 6.07) is 4.78. The average Bonchev–Trinajstić information content (AvgIpc) is 2.87. The number of hydrogen-bond donors (Lipinski definition) is 1. The third-order valence-electron chi connectivity index (χ3n) is 3.05. The van der Waals surface area contributed by atoms with Gasteiger partial charge < -0.3 is 9.84 Å². The number of halogens is 1. The predicted molar refractivity (Wildman–Crippen MR) is 63.9 cm³/mol. The highest BCUT2D eigenvalue weighted by Gasteiger charge is 2.34. The van der Waals surface area contributed by atoms with E-state index < -0.39 is 18.1 Å². The number of benzene rings is 1. The Labute approximate surface area is 109 Å². The summed E-state index contributed by atoms with van der Waals surface area (Å²) in [6.07, 6.45) is 0.457. The Morgan fingerprint density at radius 2 is 2.05 bits per heavy atom. The number of amides is 1. The van der Waals surface area contributed by atoms with E-state index >= 15 is 0 Å². The van der Waals surface area contributed by atoms with Gasteiger partial charge in [-0.15, -0.1) is 0 Å². The van der Waals surface area contributed by atoms with Gasteiger partial charge in [0.25, 0.3) is 0 Å². The van der Waals surface area contributed by atoms with E-state index in [0.29, 0.717) is 24.9 Å². The highest BCUT2D eigenvalue weighted by Crippen LogP contribution is 2.19. The lowest BCUT2D eigenvalue weighted by Gasteiger charge is -2.20. The van der Waals surface area contributed by atoms with Crippen molar-refractivity contribution < 1.29 is 23.8 Å². The summed E-state index contributed by atoms with van der Waals surface area (Å²) in [4.78, 5) is 23.9. The third-order valence-corrected chi connectivity index (χ3v) is 3.05. The first kappa shape index (κ1) is 13.3. The smallest absolute Gasteiger partial charge is 0.410 e. The van der Waals surface area contributed by atoms with Crippen LogP contribution in [0.4, 0.5) is 9.18 Å². The van der Waals surface area contributed by atoms with E-state index in [4.69, 9.17) is 9.84 Å². The maximum atomic E-state index is 12.7. The number of carbonyl (C=O) groups is 2. The number of hydrogen-bond acceptors (Lipinski definition) is 3. The Morgan fingerprint density at radius 3 is 2.68 bits per heavy atom. The molecule has 19 heavy (non-hydrogen) atoms. The Hall–Kier alpha value is -2.11. The quantitative estimate of drug-likeness (QED) is 0.909. The zero-order chi connectivity index (χ0) is 13.8. The molecule has 102 valence electrons. The van der Waals surface area contributed by atoms with Crippen molar-refractivity contribution in [3.05, 3.63) is 35.6 Å². The fraction of sp³-hybridized carbons (Fsp3) is 0.385. The predicted octanol–water partition coefficient (Wildman–Crippen LogP) is 2.01. The molecule has 0 aliphatic carbocycles. The van der Waals surface area contributed by atoms with Crippen molar-refractivity contribution in [2.24, 2.45) is 0 Å². The number of carbonyl (C=O) groups excluding carboxylic acids is 1. The van der Waals surface area contributed by atoms with Crippen LogP contribution in [0.5, 0.6) is 0 Å². The molecule has 1 N–H and O–H groups in total. The molecule has 1 aromatic rings. The molecule has 1 amide bonds. The molecule has 1 fully saturated rings. The molecule has 0 saturated carbocycles. The molecular formula is C13H14FNO4. The van der Waals surface area contributed by atoms with Crippen molar-refractivity contribution in [3.8, 4) is 0 Å². The van der Waals surface area contributed by atoms with Crippen LogP contribution >= 0.6 is 0 Å². The van der Waals surface area contributed by atoms with Gasteiger partial charge in [-0.2, -0.15) is 0 Å². The monoisotopic (exact) mass is 267 g/mol. The number of aliphatic carboxylic acids is 1. The van der Waals surface area contributed by atoms with E-state index in [-0.39, 0.29) is 12.4 Å². The van der Waals surface area contributed by atoms with Crippen LogP contribution in [0.15, 0.2) is 24.3 Å². The summed E-state index contributed by atoms with van der Waals surface area (Å²) in [5.74, 6) is -1.38. The van der Waals surface area contributed by atoms with E-state index in [2.05, 4.69) is 0 Å². The van der Waals surface area contributed by atoms with Crippen molar-refractivity contribution in [1.29, 1.82) is 0 Å². The first-order chi connectivity index (χ1) is 9.08. The van der Waals surface area contributed by atoms with Crippen molar-refractivity contribution in [2.45, 2.75) is 25.5 Å². The molecule has 1 saturated heterocycles. The second-order valence-corrected chi connectivity index (χ2v) is 4.37. The van der Waals surface area contributed by atoms with Gasteiger partial charge in [-0.05, 0) is 30.5 Å². The normalized spacial score (nSPS) is 18.4. The minimum Gasteiger partial charge on any atom is -0.480 e. The molecule has 1 aliphatic heterocycles. The second kappa shape index (κ2) is 5.69. The van der Waals surface area contributed by atoms with E-state index in [1.165, 1.54) is 29.2 Å². The zero-order valence-corrected chi connectivity index (χ0v) is 10.2. The lowest BCUT2D eigenvalue weighted by atomic mass is 10.2. The molecule has 1 aliphatic rings. The van der Waals surface area contributed by atoms with Gasteiger partial charge in [0.2, 0.25) is 0 Å². The lowest BCUT2D eigenvalue weighted by Crippen LogP contribution is -2.40. The summed E-state index contributed by atoms with van der Waals surface area (Å²) >= 11 is 0.